The molecule has 1 atom stereocenters. The van der Waals surface area contributed by atoms with Crippen LogP contribution in [0.15, 0.2) is 12.1 Å². The Kier molecular flexibility index (Phi) is 4.31. The number of aromatic nitrogens is 2. The molecule has 0 aromatic carbocycles. The van der Waals surface area contributed by atoms with Crippen LogP contribution in [0.4, 0.5) is 5.82 Å². The Bertz CT molecular complexity index is 431. The molecule has 2 rings (SSSR count). The molecule has 0 aliphatic carbocycles. The van der Waals surface area contributed by atoms with Crippen molar-refractivity contribution in [1.82, 2.24) is 15.1 Å². The number of nitrogens with zero attached hydrogens (tertiary/aromatic N) is 4. The van der Waals surface area contributed by atoms with Crippen molar-refractivity contribution in [3.63, 3.8) is 0 Å². The van der Waals surface area contributed by atoms with Gasteiger partial charge in [0, 0.05) is 19.1 Å². The summed E-state index contributed by atoms with van der Waals surface area (Å²) in [6.07, 6.45) is 1.12. The van der Waals surface area contributed by atoms with Gasteiger partial charge in [0.2, 0.25) is 0 Å². The van der Waals surface area contributed by atoms with E-state index in [0.717, 1.165) is 38.4 Å². The number of likely N-dealkylation sites (N-methyl/N-ethyl adjacent to an activating group) is 1. The van der Waals surface area contributed by atoms with Gasteiger partial charge in [0.1, 0.15) is 0 Å². The van der Waals surface area contributed by atoms with Gasteiger partial charge in [-0.15, -0.1) is 10.2 Å². The molecule has 1 fully saturated rings. The SMILES string of the molecule is CCN(CC)C1CCN(c2ccc(C(=O)O)nn2)C1. The molecule has 0 amide bonds. The minimum Gasteiger partial charge on any atom is -0.476 e. The highest BCUT2D eigenvalue weighted by atomic mass is 16.4. The Balaban J connectivity index is 2.02. The number of hydrogen-bond acceptors (Lipinski definition) is 5. The van der Waals surface area contributed by atoms with E-state index in [2.05, 4.69) is 33.8 Å². The average molecular weight is 264 g/mol. The van der Waals surface area contributed by atoms with Crippen LogP contribution in [0.3, 0.4) is 0 Å². The standard InChI is InChI=1S/C13H20N4O2/c1-3-16(4-2)10-7-8-17(9-10)12-6-5-11(13(18)19)14-15-12/h5-6,10H,3-4,7-9H2,1-2H3,(H,18,19). The lowest BCUT2D eigenvalue weighted by Gasteiger charge is -2.26. The van der Waals surface area contributed by atoms with Crippen molar-refractivity contribution in [3.8, 4) is 0 Å². The van der Waals surface area contributed by atoms with E-state index in [1.807, 2.05) is 0 Å². The second kappa shape index (κ2) is 5.97. The van der Waals surface area contributed by atoms with Crippen LogP contribution in [0, 0.1) is 0 Å². The molecule has 0 bridgehead atoms. The summed E-state index contributed by atoms with van der Waals surface area (Å²) in [5.74, 6) is -0.277. The zero-order valence-electron chi connectivity index (χ0n) is 11.4. The minimum atomic E-state index is -1.04. The Morgan fingerprint density at radius 3 is 2.68 bits per heavy atom. The fraction of sp³-hybridized carbons (Fsp3) is 0.615. The molecule has 6 heteroatoms. The van der Waals surface area contributed by atoms with Gasteiger partial charge in [0.05, 0.1) is 0 Å². The first-order valence-corrected chi connectivity index (χ1v) is 6.71. The average Bonchev–Trinajstić information content (AvgIpc) is 2.90. The summed E-state index contributed by atoms with van der Waals surface area (Å²) in [6.45, 7) is 8.34. The molecule has 1 aromatic rings. The molecule has 6 nitrogen and oxygen atoms in total. The van der Waals surface area contributed by atoms with E-state index < -0.39 is 5.97 Å². The van der Waals surface area contributed by atoms with Gasteiger partial charge in [-0.25, -0.2) is 4.79 Å². The molecular formula is C13H20N4O2. The number of rotatable bonds is 5. The first-order valence-electron chi connectivity index (χ1n) is 6.71. The maximum atomic E-state index is 10.7. The van der Waals surface area contributed by atoms with Crippen molar-refractivity contribution >= 4 is 11.8 Å². The Morgan fingerprint density at radius 2 is 2.16 bits per heavy atom. The number of anilines is 1. The molecule has 0 radical (unpaired) electrons. The van der Waals surface area contributed by atoms with Crippen LogP contribution < -0.4 is 4.90 Å². The van der Waals surface area contributed by atoms with E-state index in [1.54, 1.807) is 6.07 Å². The fourth-order valence-electron chi connectivity index (χ4n) is 2.60. The van der Waals surface area contributed by atoms with Gasteiger partial charge in [0.15, 0.2) is 11.5 Å². The summed E-state index contributed by atoms with van der Waals surface area (Å²) >= 11 is 0. The quantitative estimate of drug-likeness (QED) is 0.858. The van der Waals surface area contributed by atoms with Crippen LogP contribution in [0.25, 0.3) is 0 Å². The molecule has 1 aliphatic heterocycles. The molecule has 2 heterocycles. The summed E-state index contributed by atoms with van der Waals surface area (Å²) in [7, 11) is 0. The summed E-state index contributed by atoms with van der Waals surface area (Å²) in [4.78, 5) is 15.3. The predicted octanol–water partition coefficient (Wildman–Crippen LogP) is 1.10. The number of carbonyl (C=O) groups is 1. The van der Waals surface area contributed by atoms with Gasteiger partial charge >= 0.3 is 5.97 Å². The number of hydrogen-bond donors (Lipinski definition) is 1. The van der Waals surface area contributed by atoms with Gasteiger partial charge in [0.25, 0.3) is 0 Å². The summed E-state index contributed by atoms with van der Waals surface area (Å²) < 4.78 is 0. The molecule has 104 valence electrons. The van der Waals surface area contributed by atoms with Crippen molar-refractivity contribution in [1.29, 1.82) is 0 Å². The van der Waals surface area contributed by atoms with Crippen molar-refractivity contribution in [2.45, 2.75) is 26.3 Å². The molecule has 1 unspecified atom stereocenters. The van der Waals surface area contributed by atoms with Crippen LogP contribution in [0.1, 0.15) is 30.8 Å². The third-order valence-corrected chi connectivity index (χ3v) is 3.69. The normalized spacial score (nSPS) is 19.1. The van der Waals surface area contributed by atoms with E-state index in [9.17, 15) is 4.79 Å². The van der Waals surface area contributed by atoms with Crippen LogP contribution in [-0.2, 0) is 0 Å². The Morgan fingerprint density at radius 1 is 1.42 bits per heavy atom. The maximum Gasteiger partial charge on any atom is 0.356 e. The van der Waals surface area contributed by atoms with Crippen LogP contribution in [-0.4, -0.2) is 58.4 Å². The zero-order chi connectivity index (χ0) is 13.8. The fourth-order valence-corrected chi connectivity index (χ4v) is 2.60. The van der Waals surface area contributed by atoms with E-state index in [-0.39, 0.29) is 5.69 Å². The molecule has 0 spiro atoms. The highest BCUT2D eigenvalue weighted by Gasteiger charge is 2.27. The Hall–Kier alpha value is -1.69. The van der Waals surface area contributed by atoms with E-state index in [1.165, 1.54) is 6.07 Å². The van der Waals surface area contributed by atoms with Crippen LogP contribution in [0.5, 0.6) is 0 Å². The molecule has 1 aliphatic rings. The first kappa shape index (κ1) is 13.7. The monoisotopic (exact) mass is 264 g/mol. The van der Waals surface area contributed by atoms with Crippen molar-refractivity contribution in [2.75, 3.05) is 31.1 Å². The number of carboxylic acid groups (broad SMARTS) is 1. The second-order valence-electron chi connectivity index (χ2n) is 4.69. The van der Waals surface area contributed by atoms with Gasteiger partial charge in [-0.3, -0.25) is 4.90 Å². The van der Waals surface area contributed by atoms with Gasteiger partial charge in [-0.2, -0.15) is 0 Å². The lowest BCUT2D eigenvalue weighted by molar-refractivity contribution is 0.0689. The zero-order valence-corrected chi connectivity index (χ0v) is 11.4. The third-order valence-electron chi connectivity index (χ3n) is 3.69. The Labute approximate surface area is 113 Å². The first-order chi connectivity index (χ1) is 9.15. The summed E-state index contributed by atoms with van der Waals surface area (Å²) in [6, 6.07) is 3.80. The predicted molar refractivity (Wildman–Crippen MR) is 72.5 cm³/mol. The third kappa shape index (κ3) is 3.01. The maximum absolute atomic E-state index is 10.7. The second-order valence-corrected chi connectivity index (χ2v) is 4.69. The topological polar surface area (TPSA) is 69.6 Å². The highest BCUT2D eigenvalue weighted by Crippen LogP contribution is 2.20. The largest absolute Gasteiger partial charge is 0.476 e. The number of aromatic carboxylic acids is 1. The van der Waals surface area contributed by atoms with Gasteiger partial charge in [-0.05, 0) is 31.6 Å². The molecule has 19 heavy (non-hydrogen) atoms. The molecule has 1 saturated heterocycles. The number of carboxylic acids is 1. The van der Waals surface area contributed by atoms with Crippen molar-refractivity contribution in [2.24, 2.45) is 0 Å². The van der Waals surface area contributed by atoms with Crippen molar-refractivity contribution < 1.29 is 9.90 Å². The highest BCUT2D eigenvalue weighted by molar-refractivity contribution is 5.85. The molecular weight excluding hydrogens is 244 g/mol. The molecule has 0 saturated carbocycles. The lowest BCUT2D eigenvalue weighted by atomic mass is 10.2. The van der Waals surface area contributed by atoms with Crippen LogP contribution >= 0.6 is 0 Å². The van der Waals surface area contributed by atoms with E-state index in [0.29, 0.717) is 6.04 Å². The van der Waals surface area contributed by atoms with Crippen LogP contribution in [0.2, 0.25) is 0 Å². The van der Waals surface area contributed by atoms with Gasteiger partial charge < -0.3 is 10.0 Å². The minimum absolute atomic E-state index is 0.0109. The van der Waals surface area contributed by atoms with Gasteiger partial charge in [-0.1, -0.05) is 13.8 Å². The lowest BCUT2D eigenvalue weighted by Crippen LogP contribution is -2.37. The van der Waals surface area contributed by atoms with E-state index >= 15 is 0 Å². The molecule has 1 aromatic heterocycles. The summed E-state index contributed by atoms with van der Waals surface area (Å²) in [5, 5.41) is 16.5. The van der Waals surface area contributed by atoms with E-state index in [4.69, 9.17) is 5.11 Å². The summed E-state index contributed by atoms with van der Waals surface area (Å²) in [5.41, 5.74) is -0.0109. The molecule has 1 N–H and O–H groups in total. The van der Waals surface area contributed by atoms with Crippen molar-refractivity contribution in [3.05, 3.63) is 17.8 Å². The smallest absolute Gasteiger partial charge is 0.356 e.